The van der Waals surface area contributed by atoms with Crippen LogP contribution in [0.5, 0.6) is 0 Å². The van der Waals surface area contributed by atoms with Gasteiger partial charge >= 0.3 is 0 Å². The van der Waals surface area contributed by atoms with Gasteiger partial charge in [0.05, 0.1) is 11.4 Å². The Morgan fingerprint density at radius 2 is 1.85 bits per heavy atom. The molecule has 27 heavy (non-hydrogen) atoms. The first-order valence-electron chi connectivity index (χ1n) is 8.86. The minimum atomic E-state index is -0.294. The maximum Gasteiger partial charge on any atom is 0.271 e. The highest BCUT2D eigenvalue weighted by Crippen LogP contribution is 2.22. The average molecular weight is 365 g/mol. The van der Waals surface area contributed by atoms with Crippen molar-refractivity contribution >= 4 is 5.91 Å². The first-order valence-corrected chi connectivity index (χ1v) is 8.86. The Kier molecular flexibility index (Phi) is 4.68. The zero-order valence-electron chi connectivity index (χ0n) is 15.0. The molecule has 3 aromatic rings. The molecule has 1 aromatic carbocycles. The van der Waals surface area contributed by atoms with Crippen molar-refractivity contribution in [2.45, 2.75) is 0 Å². The molecule has 1 fully saturated rings. The number of piperazine rings is 1. The highest BCUT2D eigenvalue weighted by molar-refractivity contribution is 5.93. The lowest BCUT2D eigenvalue weighted by Crippen LogP contribution is -2.47. The number of likely N-dealkylation sites (N-methyl/N-ethyl adjacent to an activating group) is 1. The first-order chi connectivity index (χ1) is 13.1. The minimum Gasteiger partial charge on any atom is -0.335 e. The average Bonchev–Trinajstić information content (AvgIpc) is 3.18. The highest BCUT2D eigenvalue weighted by Gasteiger charge is 2.22. The van der Waals surface area contributed by atoms with E-state index in [0.29, 0.717) is 30.2 Å². The largest absolute Gasteiger partial charge is 0.335 e. The Bertz CT molecular complexity index is 945. The van der Waals surface area contributed by atoms with Crippen LogP contribution >= 0.6 is 0 Å². The monoisotopic (exact) mass is 365 g/mol. The number of benzene rings is 1. The summed E-state index contributed by atoms with van der Waals surface area (Å²) < 4.78 is 13.4. The third-order valence-corrected chi connectivity index (χ3v) is 4.78. The second-order valence-electron chi connectivity index (χ2n) is 6.70. The van der Waals surface area contributed by atoms with Crippen LogP contribution in [-0.2, 0) is 0 Å². The number of carbonyl (C=O) groups is 1. The van der Waals surface area contributed by atoms with Crippen molar-refractivity contribution < 1.29 is 9.18 Å². The van der Waals surface area contributed by atoms with E-state index in [-0.39, 0.29) is 11.7 Å². The first kappa shape index (κ1) is 17.4. The van der Waals surface area contributed by atoms with E-state index in [1.165, 1.54) is 12.1 Å². The van der Waals surface area contributed by atoms with Crippen molar-refractivity contribution in [1.82, 2.24) is 25.0 Å². The molecule has 1 saturated heterocycles. The van der Waals surface area contributed by atoms with Crippen molar-refractivity contribution in [2.24, 2.45) is 0 Å². The summed E-state index contributed by atoms with van der Waals surface area (Å²) in [6, 6.07) is 11.8. The normalized spacial score (nSPS) is 15.1. The molecule has 6 nitrogen and oxygen atoms in total. The van der Waals surface area contributed by atoms with Gasteiger partial charge in [-0.05, 0) is 37.4 Å². The summed E-state index contributed by atoms with van der Waals surface area (Å²) in [6.07, 6.45) is 1.68. The van der Waals surface area contributed by atoms with Gasteiger partial charge in [0.2, 0.25) is 0 Å². The standard InChI is InChI=1S/C20H20FN5O/c1-25-7-9-26(10-8-25)20(27)19-12-18(23-24-19)15-5-6-17(22-13-15)14-3-2-4-16(21)11-14/h2-6,11-13H,7-10H2,1H3,(H,23,24). The fraction of sp³-hybridized carbons (Fsp3) is 0.250. The van der Waals surface area contributed by atoms with Crippen molar-refractivity contribution in [1.29, 1.82) is 0 Å². The number of aromatic amines is 1. The number of amides is 1. The molecule has 0 unspecified atom stereocenters. The zero-order chi connectivity index (χ0) is 18.8. The lowest BCUT2D eigenvalue weighted by atomic mass is 10.1. The summed E-state index contributed by atoms with van der Waals surface area (Å²) in [6.45, 7) is 3.18. The van der Waals surface area contributed by atoms with Crippen LogP contribution in [-0.4, -0.2) is 64.1 Å². The van der Waals surface area contributed by atoms with Crippen LogP contribution in [0.1, 0.15) is 10.5 Å². The van der Waals surface area contributed by atoms with E-state index in [1.807, 2.05) is 23.1 Å². The Hall–Kier alpha value is -3.06. The Labute approximate surface area is 156 Å². The van der Waals surface area contributed by atoms with Gasteiger partial charge < -0.3 is 9.80 Å². The second kappa shape index (κ2) is 7.28. The zero-order valence-corrected chi connectivity index (χ0v) is 15.0. The van der Waals surface area contributed by atoms with Gasteiger partial charge in [-0.2, -0.15) is 5.10 Å². The molecule has 138 valence electrons. The van der Waals surface area contributed by atoms with Crippen LogP contribution in [0, 0.1) is 5.82 Å². The van der Waals surface area contributed by atoms with Crippen molar-refractivity contribution in [2.75, 3.05) is 33.2 Å². The number of hydrogen-bond acceptors (Lipinski definition) is 4. The molecule has 0 spiro atoms. The number of pyridine rings is 1. The molecule has 3 heterocycles. The van der Waals surface area contributed by atoms with Gasteiger partial charge in [-0.15, -0.1) is 0 Å². The predicted molar refractivity (Wildman–Crippen MR) is 101 cm³/mol. The van der Waals surface area contributed by atoms with Gasteiger partial charge in [0.1, 0.15) is 11.5 Å². The second-order valence-corrected chi connectivity index (χ2v) is 6.70. The van der Waals surface area contributed by atoms with Gasteiger partial charge in [0.25, 0.3) is 5.91 Å². The summed E-state index contributed by atoms with van der Waals surface area (Å²) in [5.74, 6) is -0.330. The maximum atomic E-state index is 13.4. The molecule has 0 atom stereocenters. The summed E-state index contributed by atoms with van der Waals surface area (Å²) in [4.78, 5) is 21.0. The lowest BCUT2D eigenvalue weighted by Gasteiger charge is -2.31. The molecule has 1 N–H and O–H groups in total. The molecular weight excluding hydrogens is 345 g/mol. The number of H-pyrrole nitrogens is 1. The van der Waals surface area contributed by atoms with Gasteiger partial charge in [-0.1, -0.05) is 12.1 Å². The molecule has 7 heteroatoms. The van der Waals surface area contributed by atoms with Crippen molar-refractivity contribution in [3.8, 4) is 22.5 Å². The molecule has 0 saturated carbocycles. The molecule has 0 bridgehead atoms. The Morgan fingerprint density at radius 1 is 1.04 bits per heavy atom. The SMILES string of the molecule is CN1CCN(C(=O)c2cc(-c3ccc(-c4cccc(F)c4)nc3)n[nH]2)CC1. The van der Waals surface area contributed by atoms with Crippen LogP contribution in [0.4, 0.5) is 4.39 Å². The molecule has 0 radical (unpaired) electrons. The van der Waals surface area contributed by atoms with Crippen LogP contribution in [0.3, 0.4) is 0 Å². The molecule has 1 amide bonds. The summed E-state index contributed by atoms with van der Waals surface area (Å²) in [7, 11) is 2.05. The number of rotatable bonds is 3. The number of hydrogen-bond donors (Lipinski definition) is 1. The quantitative estimate of drug-likeness (QED) is 0.775. The number of carbonyl (C=O) groups excluding carboxylic acids is 1. The predicted octanol–water partition coefficient (Wildman–Crippen LogP) is 2.67. The van der Waals surface area contributed by atoms with Crippen LogP contribution in [0.25, 0.3) is 22.5 Å². The van der Waals surface area contributed by atoms with Crippen LogP contribution in [0.2, 0.25) is 0 Å². The number of halogens is 1. The molecule has 1 aliphatic heterocycles. The maximum absolute atomic E-state index is 13.4. The Morgan fingerprint density at radius 3 is 2.56 bits per heavy atom. The third-order valence-electron chi connectivity index (χ3n) is 4.78. The van der Waals surface area contributed by atoms with Gasteiger partial charge in [0, 0.05) is 43.5 Å². The lowest BCUT2D eigenvalue weighted by molar-refractivity contribution is 0.0658. The fourth-order valence-corrected chi connectivity index (χ4v) is 3.12. The van der Waals surface area contributed by atoms with Gasteiger partial charge in [0.15, 0.2) is 0 Å². The van der Waals surface area contributed by atoms with E-state index in [0.717, 1.165) is 24.2 Å². The van der Waals surface area contributed by atoms with E-state index in [2.05, 4.69) is 27.1 Å². The highest BCUT2D eigenvalue weighted by atomic mass is 19.1. The van der Waals surface area contributed by atoms with Gasteiger partial charge in [-0.25, -0.2) is 4.39 Å². The molecule has 1 aliphatic rings. The summed E-state index contributed by atoms with van der Waals surface area (Å²) in [5, 5.41) is 7.09. The molecule has 4 rings (SSSR count). The van der Waals surface area contributed by atoms with E-state index in [1.54, 1.807) is 18.3 Å². The van der Waals surface area contributed by atoms with Crippen molar-refractivity contribution in [3.63, 3.8) is 0 Å². The molecular formula is C20H20FN5O. The van der Waals surface area contributed by atoms with E-state index < -0.39 is 0 Å². The van der Waals surface area contributed by atoms with Crippen LogP contribution in [0.15, 0.2) is 48.7 Å². The van der Waals surface area contributed by atoms with Crippen molar-refractivity contribution in [3.05, 3.63) is 60.2 Å². The Balaban J connectivity index is 1.50. The fourth-order valence-electron chi connectivity index (χ4n) is 3.12. The number of nitrogens with one attached hydrogen (secondary N) is 1. The van der Waals surface area contributed by atoms with E-state index in [9.17, 15) is 9.18 Å². The number of nitrogens with zero attached hydrogens (tertiary/aromatic N) is 4. The third kappa shape index (κ3) is 3.73. The summed E-state index contributed by atoms with van der Waals surface area (Å²) in [5.41, 5.74) is 3.33. The van der Waals surface area contributed by atoms with E-state index in [4.69, 9.17) is 0 Å². The summed E-state index contributed by atoms with van der Waals surface area (Å²) >= 11 is 0. The molecule has 2 aromatic heterocycles. The van der Waals surface area contributed by atoms with E-state index >= 15 is 0 Å². The topological polar surface area (TPSA) is 65.1 Å². The van der Waals surface area contributed by atoms with Crippen LogP contribution < -0.4 is 0 Å². The minimum absolute atomic E-state index is 0.0359. The van der Waals surface area contributed by atoms with Gasteiger partial charge in [-0.3, -0.25) is 14.9 Å². The number of aromatic nitrogens is 3. The molecule has 0 aliphatic carbocycles. The smallest absolute Gasteiger partial charge is 0.271 e.